The fourth-order valence-electron chi connectivity index (χ4n) is 2.17. The van der Waals surface area contributed by atoms with E-state index in [4.69, 9.17) is 0 Å². The smallest absolute Gasteiger partial charge is 0.258 e. The van der Waals surface area contributed by atoms with Crippen molar-refractivity contribution in [1.29, 1.82) is 0 Å². The number of nitrogens with zero attached hydrogens (tertiary/aromatic N) is 2. The first-order valence-electron chi connectivity index (χ1n) is 6.88. The number of H-pyrrole nitrogens is 2. The van der Waals surface area contributed by atoms with Crippen LogP contribution in [0.15, 0.2) is 58.6 Å². The van der Waals surface area contributed by atoms with Crippen LogP contribution in [0.3, 0.4) is 0 Å². The Kier molecular flexibility index (Phi) is 3.94. The van der Waals surface area contributed by atoms with Gasteiger partial charge in [-0.3, -0.25) is 9.59 Å². The number of aromatic amines is 2. The number of phenols is 2. The Morgan fingerprint density at radius 3 is 1.50 bits per heavy atom. The molecule has 8 heteroatoms. The third-order valence-corrected chi connectivity index (χ3v) is 3.30. The Morgan fingerprint density at radius 1 is 0.708 bits per heavy atom. The summed E-state index contributed by atoms with van der Waals surface area (Å²) in [5.74, 6) is 0.0530. The number of rotatable bonds is 0. The maximum atomic E-state index is 11.1. The zero-order chi connectivity index (χ0) is 17.1. The van der Waals surface area contributed by atoms with E-state index in [2.05, 4.69) is 19.9 Å². The molecule has 0 atom stereocenters. The molecular formula is C16H12N4O4. The first-order chi connectivity index (χ1) is 11.6. The minimum atomic E-state index is -0.240. The molecule has 120 valence electrons. The predicted molar refractivity (Wildman–Crippen MR) is 88.1 cm³/mol. The molecule has 0 aliphatic rings. The first kappa shape index (κ1) is 15.2. The molecule has 2 aromatic carbocycles. The number of aromatic hydroxyl groups is 2. The van der Waals surface area contributed by atoms with Gasteiger partial charge in [-0.1, -0.05) is 12.1 Å². The summed E-state index contributed by atoms with van der Waals surface area (Å²) in [5, 5.41) is 19.4. The van der Waals surface area contributed by atoms with Gasteiger partial charge in [0.25, 0.3) is 11.1 Å². The highest BCUT2D eigenvalue weighted by Gasteiger charge is 2.02. The number of para-hydroxylation sites is 2. The summed E-state index contributed by atoms with van der Waals surface area (Å²) >= 11 is 0. The highest BCUT2D eigenvalue weighted by Crippen LogP contribution is 2.18. The molecule has 0 aliphatic heterocycles. The van der Waals surface area contributed by atoms with Crippen LogP contribution in [-0.2, 0) is 0 Å². The molecule has 0 spiro atoms. The Morgan fingerprint density at radius 2 is 1.12 bits per heavy atom. The van der Waals surface area contributed by atoms with Crippen molar-refractivity contribution in [2.45, 2.75) is 0 Å². The number of hydrogen-bond acceptors (Lipinski definition) is 6. The van der Waals surface area contributed by atoms with E-state index in [1.165, 1.54) is 24.8 Å². The van der Waals surface area contributed by atoms with Crippen molar-refractivity contribution in [2.75, 3.05) is 0 Å². The highest BCUT2D eigenvalue weighted by atomic mass is 16.3. The van der Waals surface area contributed by atoms with E-state index in [0.717, 1.165) is 0 Å². The molecule has 0 aliphatic carbocycles. The Balaban J connectivity index is 0.000000141. The van der Waals surface area contributed by atoms with Gasteiger partial charge in [0.15, 0.2) is 0 Å². The van der Waals surface area contributed by atoms with Crippen LogP contribution in [0, 0.1) is 0 Å². The lowest BCUT2D eigenvalue weighted by Gasteiger charge is -1.96. The van der Waals surface area contributed by atoms with Crippen molar-refractivity contribution in [1.82, 2.24) is 19.9 Å². The molecule has 24 heavy (non-hydrogen) atoms. The molecule has 8 nitrogen and oxygen atoms in total. The molecule has 2 heterocycles. The number of fused-ring (bicyclic) bond motifs is 2. The molecule has 0 fully saturated rings. The second-order valence-electron chi connectivity index (χ2n) is 4.81. The van der Waals surface area contributed by atoms with Gasteiger partial charge in [-0.2, -0.15) is 0 Å². The van der Waals surface area contributed by atoms with Gasteiger partial charge in [0.1, 0.15) is 22.5 Å². The average Bonchev–Trinajstić information content (AvgIpc) is 2.58. The number of hydrogen-bond donors (Lipinski definition) is 4. The van der Waals surface area contributed by atoms with Gasteiger partial charge in [0.2, 0.25) is 0 Å². The van der Waals surface area contributed by atoms with Crippen molar-refractivity contribution in [3.05, 3.63) is 69.8 Å². The van der Waals surface area contributed by atoms with Gasteiger partial charge in [-0.25, -0.2) is 9.97 Å². The van der Waals surface area contributed by atoms with Crippen LogP contribution in [0.4, 0.5) is 0 Å². The summed E-state index contributed by atoms with van der Waals surface area (Å²) in [4.78, 5) is 34.8. The minimum Gasteiger partial charge on any atom is -0.506 e. The van der Waals surface area contributed by atoms with Crippen molar-refractivity contribution >= 4 is 21.8 Å². The van der Waals surface area contributed by atoms with E-state index < -0.39 is 0 Å². The van der Waals surface area contributed by atoms with Crippen LogP contribution in [0.1, 0.15) is 0 Å². The number of benzene rings is 2. The molecule has 4 aromatic rings. The standard InChI is InChI=1S/2C8H6N2O2/c2*11-6-3-1-2-5-7(6)9-4-10-8(5)12/h2*1-4,11H,(H,9,10,12). The Hall–Kier alpha value is -3.68. The summed E-state index contributed by atoms with van der Waals surface area (Å²) in [7, 11) is 0. The summed E-state index contributed by atoms with van der Waals surface area (Å²) in [6.07, 6.45) is 2.54. The second-order valence-corrected chi connectivity index (χ2v) is 4.81. The maximum absolute atomic E-state index is 11.1. The minimum absolute atomic E-state index is 0.0265. The number of phenolic OH excluding ortho intramolecular Hbond substituents is 2. The molecule has 0 unspecified atom stereocenters. The third kappa shape index (κ3) is 2.80. The van der Waals surface area contributed by atoms with E-state index in [-0.39, 0.29) is 22.6 Å². The van der Waals surface area contributed by atoms with Gasteiger partial charge in [0, 0.05) is 0 Å². The SMILES string of the molecule is O=c1[nH]cnc2c(O)cccc12.O=c1[nH]cnc2c(O)cccc12. The fourth-order valence-corrected chi connectivity index (χ4v) is 2.17. The molecule has 2 aromatic heterocycles. The van der Waals surface area contributed by atoms with E-state index >= 15 is 0 Å². The molecule has 4 N–H and O–H groups in total. The summed E-state index contributed by atoms with van der Waals surface area (Å²) in [5.41, 5.74) is 0.189. The van der Waals surface area contributed by atoms with Gasteiger partial charge in [-0.15, -0.1) is 0 Å². The van der Waals surface area contributed by atoms with E-state index in [1.807, 2.05) is 0 Å². The second kappa shape index (κ2) is 6.21. The molecular weight excluding hydrogens is 312 g/mol. The lowest BCUT2D eigenvalue weighted by molar-refractivity contribution is 0.479. The van der Waals surface area contributed by atoms with Gasteiger partial charge in [-0.05, 0) is 24.3 Å². The number of nitrogens with one attached hydrogen (secondary N) is 2. The summed E-state index contributed by atoms with van der Waals surface area (Å²) in [6, 6.07) is 9.43. The zero-order valence-corrected chi connectivity index (χ0v) is 12.2. The van der Waals surface area contributed by atoms with Gasteiger partial charge in [0.05, 0.1) is 23.4 Å². The topological polar surface area (TPSA) is 132 Å². The van der Waals surface area contributed by atoms with Crippen LogP contribution in [0.5, 0.6) is 11.5 Å². The van der Waals surface area contributed by atoms with Crippen LogP contribution in [0.25, 0.3) is 21.8 Å². The fraction of sp³-hybridized carbons (Fsp3) is 0. The van der Waals surface area contributed by atoms with E-state index in [0.29, 0.717) is 21.8 Å². The van der Waals surface area contributed by atoms with Crippen LogP contribution < -0.4 is 11.1 Å². The van der Waals surface area contributed by atoms with Gasteiger partial charge < -0.3 is 20.2 Å². The normalized spacial score (nSPS) is 10.3. The van der Waals surface area contributed by atoms with Crippen LogP contribution >= 0.6 is 0 Å². The molecule has 0 bridgehead atoms. The van der Waals surface area contributed by atoms with Gasteiger partial charge >= 0.3 is 0 Å². The zero-order valence-electron chi connectivity index (χ0n) is 12.2. The third-order valence-electron chi connectivity index (χ3n) is 3.30. The molecule has 0 saturated carbocycles. The van der Waals surface area contributed by atoms with E-state index in [9.17, 15) is 19.8 Å². The molecule has 0 amide bonds. The Bertz CT molecular complexity index is 1040. The van der Waals surface area contributed by atoms with Crippen molar-refractivity contribution in [2.24, 2.45) is 0 Å². The lowest BCUT2D eigenvalue weighted by atomic mass is 10.2. The summed E-state index contributed by atoms with van der Waals surface area (Å²) in [6.45, 7) is 0. The van der Waals surface area contributed by atoms with Crippen molar-refractivity contribution in [3.63, 3.8) is 0 Å². The maximum Gasteiger partial charge on any atom is 0.258 e. The largest absolute Gasteiger partial charge is 0.506 e. The molecule has 0 saturated heterocycles. The van der Waals surface area contributed by atoms with E-state index in [1.54, 1.807) is 24.3 Å². The van der Waals surface area contributed by atoms with Crippen LogP contribution in [-0.4, -0.2) is 30.1 Å². The molecule has 0 radical (unpaired) electrons. The quantitative estimate of drug-likeness (QED) is 0.385. The van der Waals surface area contributed by atoms with Crippen molar-refractivity contribution < 1.29 is 10.2 Å². The predicted octanol–water partition coefficient (Wildman–Crippen LogP) is 1.26. The highest BCUT2D eigenvalue weighted by molar-refractivity contribution is 5.83. The molecule has 4 rings (SSSR count). The lowest BCUT2D eigenvalue weighted by Crippen LogP contribution is -2.05. The van der Waals surface area contributed by atoms with Crippen molar-refractivity contribution in [3.8, 4) is 11.5 Å². The number of aromatic nitrogens is 4. The first-order valence-corrected chi connectivity index (χ1v) is 6.88. The monoisotopic (exact) mass is 324 g/mol. The Labute approximate surface area is 134 Å². The van der Waals surface area contributed by atoms with Crippen LogP contribution in [0.2, 0.25) is 0 Å². The average molecular weight is 324 g/mol. The summed E-state index contributed by atoms with van der Waals surface area (Å²) < 4.78 is 0.